The Morgan fingerprint density at radius 2 is 2.25 bits per heavy atom. The van der Waals surface area contributed by atoms with E-state index in [1.54, 1.807) is 0 Å². The van der Waals surface area contributed by atoms with Crippen LogP contribution in [0, 0.1) is 6.61 Å². The summed E-state index contributed by atoms with van der Waals surface area (Å²) in [6, 6.07) is 0. The lowest BCUT2D eigenvalue weighted by Gasteiger charge is -1.97. The largest absolute Gasteiger partial charge is 0.370 e. The third kappa shape index (κ3) is 5.82. The van der Waals surface area contributed by atoms with Crippen LogP contribution in [0.2, 0.25) is 0 Å². The fourth-order valence-corrected chi connectivity index (χ4v) is 0.259. The Hall–Kier alpha value is -0.180. The molecule has 1 radical (unpaired) electrons. The van der Waals surface area contributed by atoms with Crippen LogP contribution in [0.3, 0.4) is 0 Å². The highest BCUT2D eigenvalue weighted by Crippen LogP contribution is 1.95. The molecule has 0 aromatic carbocycles. The summed E-state index contributed by atoms with van der Waals surface area (Å²) in [4.78, 5) is 0. The van der Waals surface area contributed by atoms with Crippen molar-refractivity contribution in [3.63, 3.8) is 0 Å². The molecule has 49 valence electrons. The maximum atomic E-state index is 11.2. The third-order valence-corrected chi connectivity index (χ3v) is 0.507. The van der Waals surface area contributed by atoms with Crippen LogP contribution >= 0.6 is 0 Å². The molecule has 0 saturated heterocycles. The molecule has 8 heavy (non-hydrogen) atoms. The third-order valence-electron chi connectivity index (χ3n) is 0.507. The summed E-state index contributed by atoms with van der Waals surface area (Å²) in [5.41, 5.74) is 0. The van der Waals surface area contributed by atoms with Crippen molar-refractivity contribution >= 4 is 0 Å². The van der Waals surface area contributed by atoms with Gasteiger partial charge in [-0.1, -0.05) is 6.92 Å². The SMILES string of the molecule is CC[CH]OCC(F)F. The molecule has 0 heterocycles. The number of halogens is 2. The van der Waals surface area contributed by atoms with Gasteiger partial charge in [0.1, 0.15) is 6.61 Å². The first-order chi connectivity index (χ1) is 3.77. The maximum Gasteiger partial charge on any atom is 0.261 e. The number of hydrogen-bond acceptors (Lipinski definition) is 1. The Bertz CT molecular complexity index is 47.7. The van der Waals surface area contributed by atoms with Crippen LogP contribution in [-0.2, 0) is 4.74 Å². The Balaban J connectivity index is 2.72. The zero-order valence-corrected chi connectivity index (χ0v) is 4.73. The zero-order chi connectivity index (χ0) is 6.41. The summed E-state index contributed by atoms with van der Waals surface area (Å²) >= 11 is 0. The molecule has 0 spiro atoms. The lowest BCUT2D eigenvalue weighted by Crippen LogP contribution is -2.01. The van der Waals surface area contributed by atoms with E-state index in [0.29, 0.717) is 6.42 Å². The van der Waals surface area contributed by atoms with E-state index >= 15 is 0 Å². The molecule has 0 unspecified atom stereocenters. The molecule has 0 amide bonds. The Morgan fingerprint density at radius 1 is 1.62 bits per heavy atom. The van der Waals surface area contributed by atoms with E-state index in [9.17, 15) is 8.78 Å². The van der Waals surface area contributed by atoms with Crippen molar-refractivity contribution in [1.82, 2.24) is 0 Å². The van der Waals surface area contributed by atoms with Gasteiger partial charge in [-0.15, -0.1) is 0 Å². The lowest BCUT2D eigenvalue weighted by atomic mass is 10.5. The highest BCUT2D eigenvalue weighted by Gasteiger charge is 1.99. The van der Waals surface area contributed by atoms with Crippen LogP contribution in [0.1, 0.15) is 13.3 Å². The molecular formula is C5H9F2O. The van der Waals surface area contributed by atoms with Gasteiger partial charge in [0.05, 0.1) is 6.61 Å². The minimum Gasteiger partial charge on any atom is -0.370 e. The van der Waals surface area contributed by atoms with Gasteiger partial charge in [-0.3, -0.25) is 0 Å². The summed E-state index contributed by atoms with van der Waals surface area (Å²) < 4.78 is 26.8. The molecule has 0 rings (SSSR count). The van der Waals surface area contributed by atoms with E-state index in [4.69, 9.17) is 0 Å². The van der Waals surface area contributed by atoms with Crippen molar-refractivity contribution in [2.75, 3.05) is 6.61 Å². The lowest BCUT2D eigenvalue weighted by molar-refractivity contribution is 0.0426. The number of rotatable bonds is 4. The predicted molar refractivity (Wildman–Crippen MR) is 26.5 cm³/mol. The summed E-state index contributed by atoms with van der Waals surface area (Å²) in [5, 5.41) is 0. The highest BCUT2D eigenvalue weighted by molar-refractivity contribution is 4.44. The summed E-state index contributed by atoms with van der Waals surface area (Å²) in [5.74, 6) is 0. The van der Waals surface area contributed by atoms with Gasteiger partial charge in [-0.25, -0.2) is 8.78 Å². The summed E-state index contributed by atoms with van der Waals surface area (Å²) in [7, 11) is 0. The van der Waals surface area contributed by atoms with E-state index in [-0.39, 0.29) is 0 Å². The average Bonchev–Trinajstić information content (AvgIpc) is 1.66. The molecule has 0 aromatic rings. The first-order valence-electron chi connectivity index (χ1n) is 2.48. The van der Waals surface area contributed by atoms with Gasteiger partial charge in [-0.05, 0) is 6.42 Å². The fraction of sp³-hybridized carbons (Fsp3) is 0.800. The molecule has 0 aliphatic rings. The van der Waals surface area contributed by atoms with Crippen molar-refractivity contribution in [1.29, 1.82) is 0 Å². The van der Waals surface area contributed by atoms with E-state index in [2.05, 4.69) is 4.74 Å². The second-order valence-electron chi connectivity index (χ2n) is 1.30. The van der Waals surface area contributed by atoms with E-state index < -0.39 is 13.0 Å². The van der Waals surface area contributed by atoms with Gasteiger partial charge in [0, 0.05) is 0 Å². The molecule has 0 aromatic heterocycles. The van der Waals surface area contributed by atoms with Gasteiger partial charge in [0.25, 0.3) is 6.43 Å². The second kappa shape index (κ2) is 4.97. The van der Waals surface area contributed by atoms with Gasteiger partial charge < -0.3 is 4.74 Å². The van der Waals surface area contributed by atoms with Crippen LogP contribution in [0.5, 0.6) is 0 Å². The van der Waals surface area contributed by atoms with Crippen molar-refractivity contribution in [3.8, 4) is 0 Å². The smallest absolute Gasteiger partial charge is 0.261 e. The summed E-state index contributed by atoms with van der Waals surface area (Å²) in [6.45, 7) is 2.71. The monoisotopic (exact) mass is 123 g/mol. The van der Waals surface area contributed by atoms with Crippen LogP contribution in [0.4, 0.5) is 8.78 Å². The Morgan fingerprint density at radius 3 is 2.62 bits per heavy atom. The molecule has 0 saturated carbocycles. The van der Waals surface area contributed by atoms with Crippen molar-refractivity contribution < 1.29 is 13.5 Å². The maximum absolute atomic E-state index is 11.2. The molecule has 0 atom stereocenters. The van der Waals surface area contributed by atoms with E-state index in [1.807, 2.05) is 6.92 Å². The molecule has 0 fully saturated rings. The first kappa shape index (κ1) is 7.82. The number of alkyl halides is 2. The molecule has 0 aliphatic carbocycles. The van der Waals surface area contributed by atoms with Gasteiger partial charge in [0.15, 0.2) is 0 Å². The molecular weight excluding hydrogens is 114 g/mol. The van der Waals surface area contributed by atoms with Crippen LogP contribution in [0.25, 0.3) is 0 Å². The first-order valence-corrected chi connectivity index (χ1v) is 2.48. The molecule has 1 nitrogen and oxygen atoms in total. The Kier molecular flexibility index (Phi) is 4.85. The van der Waals surface area contributed by atoms with Crippen molar-refractivity contribution in [3.05, 3.63) is 6.61 Å². The normalized spacial score (nSPS) is 10.5. The van der Waals surface area contributed by atoms with Gasteiger partial charge in [-0.2, -0.15) is 0 Å². The predicted octanol–water partition coefficient (Wildman–Crippen LogP) is 1.84. The van der Waals surface area contributed by atoms with E-state index in [0.717, 1.165) is 0 Å². The standard InChI is InChI=1S/C5H9F2O/c1-2-3-8-4-5(6)7/h3,5H,2,4H2,1H3. The minimum atomic E-state index is -2.35. The van der Waals surface area contributed by atoms with Gasteiger partial charge in [0.2, 0.25) is 0 Å². The minimum absolute atomic E-state index is 0.478. The number of hydrogen-bond donors (Lipinski definition) is 0. The average molecular weight is 123 g/mol. The van der Waals surface area contributed by atoms with E-state index in [1.165, 1.54) is 6.61 Å². The second-order valence-corrected chi connectivity index (χ2v) is 1.30. The quantitative estimate of drug-likeness (QED) is 0.518. The van der Waals surface area contributed by atoms with Crippen molar-refractivity contribution in [2.45, 2.75) is 19.8 Å². The molecule has 0 N–H and O–H groups in total. The summed E-state index contributed by atoms with van der Waals surface area (Å²) in [6.07, 6.45) is -1.68. The zero-order valence-electron chi connectivity index (χ0n) is 4.73. The Labute approximate surface area is 47.6 Å². The van der Waals surface area contributed by atoms with Crippen molar-refractivity contribution in [2.24, 2.45) is 0 Å². The molecule has 3 heteroatoms. The highest BCUT2D eigenvalue weighted by atomic mass is 19.3. The van der Waals surface area contributed by atoms with Crippen LogP contribution < -0.4 is 0 Å². The fourth-order valence-electron chi connectivity index (χ4n) is 0.259. The number of ether oxygens (including phenoxy) is 1. The van der Waals surface area contributed by atoms with Crippen LogP contribution in [0.15, 0.2) is 0 Å². The van der Waals surface area contributed by atoms with Crippen LogP contribution in [-0.4, -0.2) is 13.0 Å². The van der Waals surface area contributed by atoms with Gasteiger partial charge >= 0.3 is 0 Å². The topological polar surface area (TPSA) is 9.23 Å². The molecule has 0 aliphatic heterocycles. The molecule has 0 bridgehead atoms.